The molecule has 0 spiro atoms. The number of ether oxygens (including phenoxy) is 4. The van der Waals surface area contributed by atoms with Gasteiger partial charge in [0.25, 0.3) is 0 Å². The molecule has 5 aromatic carbocycles. The Morgan fingerprint density at radius 2 is 1.24 bits per heavy atom. The minimum absolute atomic E-state index is 0.0253. The van der Waals surface area contributed by atoms with E-state index in [1.807, 2.05) is 48.5 Å². The lowest BCUT2D eigenvalue weighted by molar-refractivity contribution is -0.166. The van der Waals surface area contributed by atoms with Crippen LogP contribution < -0.4 is 9.47 Å². The lowest BCUT2D eigenvalue weighted by atomic mass is 9.83. The Balaban J connectivity index is 0.000000205. The lowest BCUT2D eigenvalue weighted by Gasteiger charge is -2.44. The summed E-state index contributed by atoms with van der Waals surface area (Å²) in [6, 6.07) is 36.2. The van der Waals surface area contributed by atoms with Crippen molar-refractivity contribution in [1.82, 2.24) is 4.90 Å². The van der Waals surface area contributed by atoms with Gasteiger partial charge in [-0.1, -0.05) is 78.9 Å². The molecule has 0 bridgehead atoms. The molecule has 2 aliphatic heterocycles. The van der Waals surface area contributed by atoms with Crippen LogP contribution in [0, 0.1) is 5.82 Å². The van der Waals surface area contributed by atoms with Gasteiger partial charge in [0.15, 0.2) is 0 Å². The highest BCUT2D eigenvalue weighted by molar-refractivity contribution is 5.95. The maximum atomic E-state index is 13.3. The average molecular weight is 808 g/mol. The maximum Gasteiger partial charge on any atom is 0.349 e. The average Bonchev–Trinajstić information content (AvgIpc) is 3.25. The number of aliphatic hydroxyl groups is 2. The van der Waals surface area contributed by atoms with E-state index in [4.69, 9.17) is 18.9 Å². The van der Waals surface area contributed by atoms with Crippen molar-refractivity contribution in [3.8, 4) is 11.5 Å². The minimum atomic E-state index is -2.21. The molecular formula is C45H42FNO12. The second kappa shape index (κ2) is 19.2. The van der Waals surface area contributed by atoms with Crippen LogP contribution in [-0.4, -0.2) is 87.1 Å². The summed E-state index contributed by atoms with van der Waals surface area (Å²) in [5.74, 6) is -4.60. The second-order valence-electron chi connectivity index (χ2n) is 13.9. The zero-order chi connectivity index (χ0) is 41.9. The molecule has 1 fully saturated rings. The summed E-state index contributed by atoms with van der Waals surface area (Å²) in [7, 11) is 0. The first-order valence-corrected chi connectivity index (χ1v) is 18.7. The fraction of sp³-hybridized carbons (Fsp3) is 0.244. The summed E-state index contributed by atoms with van der Waals surface area (Å²) < 4.78 is 34.7. The number of aliphatic carboxylic acids is 2. The van der Waals surface area contributed by atoms with Gasteiger partial charge in [-0.05, 0) is 72.5 Å². The Morgan fingerprint density at radius 1 is 0.729 bits per heavy atom. The third-order valence-electron chi connectivity index (χ3n) is 10.1. The molecule has 5 aromatic rings. The number of carboxylic acids is 2. The Hall–Kier alpha value is -6.61. The zero-order valence-corrected chi connectivity index (χ0v) is 31.6. The Morgan fingerprint density at radius 3 is 1.75 bits per heavy atom. The van der Waals surface area contributed by atoms with E-state index in [1.54, 1.807) is 24.3 Å². The molecule has 0 aliphatic carbocycles. The number of aliphatic hydroxyl groups excluding tert-OH is 1. The number of halogens is 1. The Kier molecular flexibility index (Phi) is 13.7. The van der Waals surface area contributed by atoms with Crippen LogP contribution in [0.25, 0.3) is 0 Å². The van der Waals surface area contributed by atoms with E-state index in [9.17, 15) is 44.0 Å². The molecule has 0 radical (unpaired) electrons. The van der Waals surface area contributed by atoms with E-state index in [0.717, 1.165) is 16.7 Å². The number of piperidine rings is 1. The molecule has 1 unspecified atom stereocenters. The Labute approximate surface area is 338 Å². The number of carboxylic acid groups (broad SMARTS) is 2. The van der Waals surface area contributed by atoms with Gasteiger partial charge in [0, 0.05) is 24.7 Å². The second-order valence-corrected chi connectivity index (χ2v) is 13.9. The molecular weight excluding hydrogens is 765 g/mol. The summed E-state index contributed by atoms with van der Waals surface area (Å²) in [4.78, 5) is 49.0. The van der Waals surface area contributed by atoms with Crippen LogP contribution >= 0.6 is 0 Å². The molecule has 0 saturated carbocycles. The highest BCUT2D eigenvalue weighted by Gasteiger charge is 2.42. The Bertz CT molecular complexity index is 2130. The number of hydrogen-bond acceptors (Lipinski definition) is 11. The van der Waals surface area contributed by atoms with Crippen molar-refractivity contribution in [3.05, 3.63) is 167 Å². The standard InChI is InChI=1S/C27H28FNO4.C18H14O8/c28-21-8-6-20(7-9-21)27(31)12-14-29(15-13-27)24-18-33-25-16-22(10-11-23(25)26(24)30)32-17-19-4-2-1-3-5-19;19-15(20)13(25-17(23)11-7-3-1-4-8-11)14(16(21)22)26-18(24)12-9-5-2-6-10-12/h1-11,16,24,26,30-31H,12-15,17-18H2;1-10,13-14H,(H,19,20)(H,21,22)/t24?,26-;13-,14-/m00/s1. The zero-order valence-electron chi connectivity index (χ0n) is 31.6. The SMILES string of the molecule is O=C(O[C@H](C(=O)O)[C@H](OC(=O)c1ccccc1)C(=O)O)c1ccccc1.O[C@H]1c2ccc(OCc3ccccc3)cc2OCC1N1CCC(O)(c2ccc(F)cc2)CC1. The van der Waals surface area contributed by atoms with Crippen molar-refractivity contribution < 1.29 is 62.9 Å². The number of likely N-dealkylation sites (tertiary alicyclic amines) is 1. The predicted molar refractivity (Wildman–Crippen MR) is 209 cm³/mol. The van der Waals surface area contributed by atoms with E-state index in [-0.39, 0.29) is 23.0 Å². The molecule has 0 amide bonds. The van der Waals surface area contributed by atoms with Gasteiger partial charge >= 0.3 is 23.9 Å². The molecule has 4 atom stereocenters. The fourth-order valence-electron chi connectivity index (χ4n) is 6.77. The van der Waals surface area contributed by atoms with Crippen LogP contribution in [0.15, 0.2) is 133 Å². The van der Waals surface area contributed by atoms with Crippen LogP contribution in [0.4, 0.5) is 4.39 Å². The van der Waals surface area contributed by atoms with Crippen LogP contribution in [0.5, 0.6) is 11.5 Å². The smallest absolute Gasteiger partial charge is 0.349 e. The molecule has 1 saturated heterocycles. The van der Waals surface area contributed by atoms with Gasteiger partial charge in [-0.3, -0.25) is 4.90 Å². The number of benzene rings is 5. The largest absolute Gasteiger partial charge is 0.491 e. The van der Waals surface area contributed by atoms with Crippen molar-refractivity contribution in [2.24, 2.45) is 0 Å². The van der Waals surface area contributed by atoms with Crippen LogP contribution in [0.2, 0.25) is 0 Å². The first-order valence-electron chi connectivity index (χ1n) is 18.7. The molecule has 13 nitrogen and oxygen atoms in total. The third kappa shape index (κ3) is 10.7. The topological polar surface area (TPSA) is 189 Å². The van der Waals surface area contributed by atoms with E-state index >= 15 is 0 Å². The van der Waals surface area contributed by atoms with Gasteiger partial charge < -0.3 is 39.4 Å². The molecule has 7 rings (SSSR count). The summed E-state index contributed by atoms with van der Waals surface area (Å²) in [5, 5.41) is 40.6. The molecule has 2 heterocycles. The van der Waals surface area contributed by atoms with Gasteiger partial charge in [-0.2, -0.15) is 0 Å². The van der Waals surface area contributed by atoms with E-state index in [2.05, 4.69) is 4.90 Å². The first-order chi connectivity index (χ1) is 28.4. The van der Waals surface area contributed by atoms with Gasteiger partial charge in [0.05, 0.1) is 22.8 Å². The summed E-state index contributed by atoms with van der Waals surface area (Å²) in [6.07, 6.45) is -4.09. The van der Waals surface area contributed by atoms with E-state index in [1.165, 1.54) is 60.7 Å². The first kappa shape index (κ1) is 42.0. The van der Waals surface area contributed by atoms with Crippen molar-refractivity contribution in [1.29, 1.82) is 0 Å². The number of hydrogen-bond donors (Lipinski definition) is 4. The van der Waals surface area contributed by atoms with Gasteiger partial charge in [0.1, 0.15) is 36.6 Å². The van der Waals surface area contributed by atoms with Gasteiger partial charge in [-0.25, -0.2) is 23.6 Å². The van der Waals surface area contributed by atoms with Gasteiger partial charge in [0.2, 0.25) is 12.2 Å². The van der Waals surface area contributed by atoms with Crippen LogP contribution in [0.1, 0.15) is 56.4 Å². The highest BCUT2D eigenvalue weighted by Crippen LogP contribution is 2.40. The summed E-state index contributed by atoms with van der Waals surface area (Å²) >= 11 is 0. The normalized spacial score (nSPS) is 17.9. The van der Waals surface area contributed by atoms with E-state index in [0.29, 0.717) is 50.6 Å². The van der Waals surface area contributed by atoms with Crippen molar-refractivity contribution in [3.63, 3.8) is 0 Å². The molecule has 14 heteroatoms. The molecule has 306 valence electrons. The van der Waals surface area contributed by atoms with Crippen molar-refractivity contribution in [2.75, 3.05) is 19.7 Å². The molecule has 0 aromatic heterocycles. The summed E-state index contributed by atoms with van der Waals surface area (Å²) in [5.41, 5.74) is 1.64. The minimum Gasteiger partial charge on any atom is -0.491 e. The predicted octanol–water partition coefficient (Wildman–Crippen LogP) is 5.79. The van der Waals surface area contributed by atoms with Crippen molar-refractivity contribution in [2.45, 2.75) is 49.4 Å². The monoisotopic (exact) mass is 807 g/mol. The van der Waals surface area contributed by atoms with E-state index < -0.39 is 47.8 Å². The fourth-order valence-corrected chi connectivity index (χ4v) is 6.77. The molecule has 2 aliphatic rings. The summed E-state index contributed by atoms with van der Waals surface area (Å²) in [6.45, 7) is 2.07. The number of fused-ring (bicyclic) bond motifs is 1. The van der Waals surface area contributed by atoms with Crippen LogP contribution in [-0.2, 0) is 31.3 Å². The van der Waals surface area contributed by atoms with Crippen LogP contribution in [0.3, 0.4) is 0 Å². The van der Waals surface area contributed by atoms with Crippen molar-refractivity contribution >= 4 is 23.9 Å². The number of carbonyl (C=O) groups is 4. The van der Waals surface area contributed by atoms with Gasteiger partial charge in [-0.15, -0.1) is 0 Å². The number of esters is 2. The highest BCUT2D eigenvalue weighted by atomic mass is 19.1. The molecule has 59 heavy (non-hydrogen) atoms. The number of rotatable bonds is 12. The number of nitrogens with zero attached hydrogens (tertiary/aromatic N) is 1. The molecule has 4 N–H and O–H groups in total. The lowest BCUT2D eigenvalue weighted by Crippen LogP contribution is -2.52. The quantitative estimate of drug-likeness (QED) is 0.111. The number of carbonyl (C=O) groups excluding carboxylic acids is 2. The third-order valence-corrected chi connectivity index (χ3v) is 10.1. The maximum absolute atomic E-state index is 13.3.